The Kier molecular flexibility index (Phi) is 3.13. The molecule has 0 aliphatic carbocycles. The maximum Gasteiger partial charge on any atom is 0.271 e. The van der Waals surface area contributed by atoms with Gasteiger partial charge in [0, 0.05) is 18.7 Å². The molecule has 0 bridgehead atoms. The van der Waals surface area contributed by atoms with Gasteiger partial charge in [-0.2, -0.15) is 0 Å². The molecule has 0 radical (unpaired) electrons. The number of hydrogen-bond donors (Lipinski definition) is 1. The van der Waals surface area contributed by atoms with Crippen LogP contribution >= 0.6 is 0 Å². The predicted octanol–water partition coefficient (Wildman–Crippen LogP) is 1.79. The molecule has 1 fully saturated rings. The summed E-state index contributed by atoms with van der Waals surface area (Å²) >= 11 is 0. The van der Waals surface area contributed by atoms with E-state index in [0.29, 0.717) is 18.9 Å². The maximum absolute atomic E-state index is 10.7. The first kappa shape index (κ1) is 12.6. The van der Waals surface area contributed by atoms with Crippen LogP contribution in [0.3, 0.4) is 0 Å². The molecule has 1 saturated heterocycles. The van der Waals surface area contributed by atoms with E-state index in [2.05, 4.69) is 18.7 Å². The lowest BCUT2D eigenvalue weighted by Gasteiger charge is -2.44. The number of rotatable bonds is 2. The van der Waals surface area contributed by atoms with Gasteiger partial charge in [0.1, 0.15) is 0 Å². The van der Waals surface area contributed by atoms with Crippen molar-refractivity contribution >= 4 is 17.1 Å². The lowest BCUT2D eigenvalue weighted by molar-refractivity contribution is -0.384. The van der Waals surface area contributed by atoms with Gasteiger partial charge in [0.25, 0.3) is 5.69 Å². The normalized spacial score (nSPS) is 18.7. The zero-order valence-electron chi connectivity index (χ0n) is 10.5. The van der Waals surface area contributed by atoms with Gasteiger partial charge in [0.2, 0.25) is 0 Å². The Morgan fingerprint density at radius 3 is 2.78 bits per heavy atom. The van der Waals surface area contributed by atoms with E-state index in [0.717, 1.165) is 12.2 Å². The minimum absolute atomic E-state index is 0.0160. The Balaban J connectivity index is 2.36. The van der Waals surface area contributed by atoms with Crippen molar-refractivity contribution in [3.8, 4) is 0 Å². The van der Waals surface area contributed by atoms with Crippen LogP contribution in [-0.2, 0) is 4.74 Å². The van der Waals surface area contributed by atoms with Crippen molar-refractivity contribution in [1.29, 1.82) is 0 Å². The molecule has 0 atom stereocenters. The third kappa shape index (κ3) is 2.24. The average molecular weight is 251 g/mol. The molecule has 6 heteroatoms. The van der Waals surface area contributed by atoms with E-state index >= 15 is 0 Å². The molecule has 2 rings (SSSR count). The molecule has 1 heterocycles. The largest absolute Gasteiger partial charge is 0.397 e. The highest BCUT2D eigenvalue weighted by atomic mass is 16.6. The van der Waals surface area contributed by atoms with Crippen LogP contribution in [0.2, 0.25) is 0 Å². The second-order valence-electron chi connectivity index (χ2n) is 5.02. The standard InChI is InChI=1S/C12H17N3O3/c1-12(2)8-18-6-5-14(12)11-4-3-9(15(16)17)7-10(11)13/h3-4,7H,5-6,8,13H2,1-2H3. The van der Waals surface area contributed by atoms with Crippen LogP contribution in [0.4, 0.5) is 17.1 Å². The fraction of sp³-hybridized carbons (Fsp3) is 0.500. The SMILES string of the molecule is CC1(C)COCCN1c1ccc([N+](=O)[O-])cc1N. The smallest absolute Gasteiger partial charge is 0.271 e. The number of nitrogens with zero attached hydrogens (tertiary/aromatic N) is 2. The average Bonchev–Trinajstić information content (AvgIpc) is 2.29. The fourth-order valence-electron chi connectivity index (χ4n) is 2.21. The molecule has 0 spiro atoms. The van der Waals surface area contributed by atoms with Crippen LogP contribution in [0.15, 0.2) is 18.2 Å². The zero-order chi connectivity index (χ0) is 13.3. The summed E-state index contributed by atoms with van der Waals surface area (Å²) in [6, 6.07) is 4.60. The highest BCUT2D eigenvalue weighted by Gasteiger charge is 2.32. The van der Waals surface area contributed by atoms with E-state index in [1.165, 1.54) is 12.1 Å². The second-order valence-corrected chi connectivity index (χ2v) is 5.02. The summed E-state index contributed by atoms with van der Waals surface area (Å²) in [5.41, 5.74) is 7.03. The van der Waals surface area contributed by atoms with Crippen molar-refractivity contribution in [3.05, 3.63) is 28.3 Å². The van der Waals surface area contributed by atoms with E-state index in [1.807, 2.05) is 0 Å². The topological polar surface area (TPSA) is 81.6 Å². The summed E-state index contributed by atoms with van der Waals surface area (Å²) in [4.78, 5) is 12.4. The molecule has 1 aliphatic rings. The Hall–Kier alpha value is -1.82. The minimum atomic E-state index is -0.440. The summed E-state index contributed by atoms with van der Waals surface area (Å²) < 4.78 is 5.45. The van der Waals surface area contributed by atoms with Crippen molar-refractivity contribution in [2.75, 3.05) is 30.4 Å². The zero-order valence-corrected chi connectivity index (χ0v) is 10.5. The van der Waals surface area contributed by atoms with Crippen LogP contribution in [0, 0.1) is 10.1 Å². The van der Waals surface area contributed by atoms with Gasteiger partial charge in [-0.15, -0.1) is 0 Å². The molecule has 0 amide bonds. The lowest BCUT2D eigenvalue weighted by atomic mass is 10.0. The van der Waals surface area contributed by atoms with Gasteiger partial charge < -0.3 is 15.4 Å². The summed E-state index contributed by atoms with van der Waals surface area (Å²) in [7, 11) is 0. The molecule has 1 aromatic carbocycles. The van der Waals surface area contributed by atoms with Crippen molar-refractivity contribution in [2.45, 2.75) is 19.4 Å². The molecule has 1 aromatic rings. The molecule has 98 valence electrons. The fourth-order valence-corrected chi connectivity index (χ4v) is 2.21. The Bertz CT molecular complexity index is 474. The summed E-state index contributed by atoms with van der Waals surface area (Å²) in [6.07, 6.45) is 0. The number of nitro groups is 1. The van der Waals surface area contributed by atoms with Gasteiger partial charge in [0.05, 0.1) is 35.1 Å². The second kappa shape index (κ2) is 4.45. The summed E-state index contributed by atoms with van der Waals surface area (Å²) in [6.45, 7) is 6.11. The van der Waals surface area contributed by atoms with Crippen molar-refractivity contribution < 1.29 is 9.66 Å². The molecule has 0 saturated carbocycles. The first-order valence-electron chi connectivity index (χ1n) is 5.81. The van der Waals surface area contributed by atoms with Gasteiger partial charge in [-0.05, 0) is 19.9 Å². The monoisotopic (exact) mass is 251 g/mol. The highest BCUT2D eigenvalue weighted by molar-refractivity contribution is 5.71. The number of morpholine rings is 1. The third-order valence-corrected chi connectivity index (χ3v) is 3.16. The van der Waals surface area contributed by atoms with E-state index in [4.69, 9.17) is 10.5 Å². The quantitative estimate of drug-likeness (QED) is 0.492. The van der Waals surface area contributed by atoms with Crippen LogP contribution in [0.1, 0.15) is 13.8 Å². The van der Waals surface area contributed by atoms with Crippen LogP contribution in [0.5, 0.6) is 0 Å². The Labute approximate surface area is 105 Å². The van der Waals surface area contributed by atoms with Crippen LogP contribution < -0.4 is 10.6 Å². The lowest BCUT2D eigenvalue weighted by Crippen LogP contribution is -2.53. The number of nitro benzene ring substituents is 1. The first-order valence-corrected chi connectivity index (χ1v) is 5.81. The van der Waals surface area contributed by atoms with Crippen LogP contribution in [-0.4, -0.2) is 30.2 Å². The first-order chi connectivity index (χ1) is 8.42. The number of ether oxygens (including phenoxy) is 1. The van der Waals surface area contributed by atoms with Gasteiger partial charge in [-0.25, -0.2) is 0 Å². The summed E-state index contributed by atoms with van der Waals surface area (Å²) in [5, 5.41) is 10.7. The van der Waals surface area contributed by atoms with Gasteiger partial charge >= 0.3 is 0 Å². The van der Waals surface area contributed by atoms with E-state index in [-0.39, 0.29) is 11.2 Å². The number of benzene rings is 1. The minimum Gasteiger partial charge on any atom is -0.397 e. The Morgan fingerprint density at radius 1 is 1.50 bits per heavy atom. The molecular weight excluding hydrogens is 234 g/mol. The molecule has 0 unspecified atom stereocenters. The van der Waals surface area contributed by atoms with Gasteiger partial charge in [0.15, 0.2) is 0 Å². The van der Waals surface area contributed by atoms with Crippen LogP contribution in [0.25, 0.3) is 0 Å². The number of nitrogens with two attached hydrogens (primary N) is 1. The summed E-state index contributed by atoms with van der Waals surface area (Å²) in [5.74, 6) is 0. The van der Waals surface area contributed by atoms with E-state index < -0.39 is 4.92 Å². The molecule has 0 aromatic heterocycles. The maximum atomic E-state index is 10.7. The van der Waals surface area contributed by atoms with Crippen molar-refractivity contribution in [3.63, 3.8) is 0 Å². The third-order valence-electron chi connectivity index (χ3n) is 3.16. The van der Waals surface area contributed by atoms with E-state index in [1.54, 1.807) is 6.07 Å². The molecule has 1 aliphatic heterocycles. The van der Waals surface area contributed by atoms with Crippen molar-refractivity contribution in [2.24, 2.45) is 0 Å². The number of anilines is 2. The van der Waals surface area contributed by atoms with E-state index in [9.17, 15) is 10.1 Å². The predicted molar refractivity (Wildman–Crippen MR) is 69.8 cm³/mol. The molecule has 18 heavy (non-hydrogen) atoms. The number of non-ortho nitro benzene ring substituents is 1. The van der Waals surface area contributed by atoms with Gasteiger partial charge in [-0.3, -0.25) is 10.1 Å². The van der Waals surface area contributed by atoms with Crippen molar-refractivity contribution in [1.82, 2.24) is 0 Å². The Morgan fingerprint density at radius 2 is 2.22 bits per heavy atom. The highest BCUT2D eigenvalue weighted by Crippen LogP contribution is 2.33. The molecule has 2 N–H and O–H groups in total. The number of nitrogen functional groups attached to an aromatic ring is 1. The van der Waals surface area contributed by atoms with Gasteiger partial charge in [-0.1, -0.05) is 0 Å². The molecular formula is C12H17N3O3. The molecule has 6 nitrogen and oxygen atoms in total. The number of hydrogen-bond acceptors (Lipinski definition) is 5.